The SMILES string of the molecule is CN1C(=O)C(O)(c2ccccc2F)c2ccc(Cl)cc21. The van der Waals surface area contributed by atoms with Gasteiger partial charge < -0.3 is 10.0 Å². The van der Waals surface area contributed by atoms with Crippen molar-refractivity contribution < 1.29 is 14.3 Å². The molecule has 0 spiro atoms. The van der Waals surface area contributed by atoms with Crippen molar-refractivity contribution in [3.63, 3.8) is 0 Å². The lowest BCUT2D eigenvalue weighted by atomic mass is 9.87. The molecule has 1 aliphatic rings. The van der Waals surface area contributed by atoms with Crippen LogP contribution in [0.3, 0.4) is 0 Å². The Morgan fingerprint density at radius 2 is 1.90 bits per heavy atom. The van der Waals surface area contributed by atoms with Gasteiger partial charge in [0.15, 0.2) is 5.60 Å². The topological polar surface area (TPSA) is 40.5 Å². The smallest absolute Gasteiger partial charge is 0.268 e. The van der Waals surface area contributed by atoms with E-state index in [1.54, 1.807) is 24.3 Å². The number of halogens is 2. The second-order valence-corrected chi connectivity index (χ2v) is 5.15. The van der Waals surface area contributed by atoms with Crippen LogP contribution in [0.25, 0.3) is 0 Å². The Morgan fingerprint density at radius 3 is 2.60 bits per heavy atom. The van der Waals surface area contributed by atoms with Gasteiger partial charge in [0.1, 0.15) is 5.82 Å². The molecule has 1 amide bonds. The van der Waals surface area contributed by atoms with Gasteiger partial charge in [-0.1, -0.05) is 35.9 Å². The zero-order chi connectivity index (χ0) is 14.5. The summed E-state index contributed by atoms with van der Waals surface area (Å²) >= 11 is 5.91. The summed E-state index contributed by atoms with van der Waals surface area (Å²) in [7, 11) is 1.52. The van der Waals surface area contributed by atoms with E-state index in [1.807, 2.05) is 0 Å². The van der Waals surface area contributed by atoms with Crippen molar-refractivity contribution in [1.29, 1.82) is 0 Å². The van der Waals surface area contributed by atoms with Crippen LogP contribution in [-0.4, -0.2) is 18.1 Å². The normalized spacial score (nSPS) is 21.2. The molecule has 1 atom stereocenters. The summed E-state index contributed by atoms with van der Waals surface area (Å²) in [5.74, 6) is -1.22. The van der Waals surface area contributed by atoms with Crippen molar-refractivity contribution in [1.82, 2.24) is 0 Å². The first kappa shape index (κ1) is 13.1. The fourth-order valence-electron chi connectivity index (χ4n) is 2.57. The fraction of sp³-hybridized carbons (Fsp3) is 0.133. The van der Waals surface area contributed by atoms with Gasteiger partial charge in [-0.15, -0.1) is 0 Å². The Hall–Kier alpha value is -1.91. The van der Waals surface area contributed by atoms with Crippen LogP contribution in [0, 0.1) is 5.82 Å². The first-order valence-electron chi connectivity index (χ1n) is 6.02. The molecule has 0 saturated heterocycles. The third kappa shape index (κ3) is 1.58. The van der Waals surface area contributed by atoms with Gasteiger partial charge in [0.05, 0.1) is 5.69 Å². The zero-order valence-corrected chi connectivity index (χ0v) is 11.4. The third-order valence-electron chi connectivity index (χ3n) is 3.59. The Balaban J connectivity index is 2.30. The standard InChI is InChI=1S/C15H11ClFNO2/c1-18-13-8-9(16)6-7-11(13)15(20,14(18)19)10-4-2-3-5-12(10)17/h2-8,20H,1H3. The Bertz CT molecular complexity index is 719. The van der Waals surface area contributed by atoms with E-state index < -0.39 is 17.3 Å². The molecule has 5 heteroatoms. The number of benzene rings is 2. The number of amides is 1. The summed E-state index contributed by atoms with van der Waals surface area (Å²) < 4.78 is 14.0. The third-order valence-corrected chi connectivity index (χ3v) is 3.82. The first-order chi connectivity index (χ1) is 9.46. The molecule has 3 rings (SSSR count). The predicted molar refractivity (Wildman–Crippen MR) is 74.3 cm³/mol. The van der Waals surface area contributed by atoms with Crippen LogP contribution in [0.15, 0.2) is 42.5 Å². The highest BCUT2D eigenvalue weighted by molar-refractivity contribution is 6.31. The van der Waals surface area contributed by atoms with Crippen molar-refractivity contribution in [2.45, 2.75) is 5.60 Å². The highest BCUT2D eigenvalue weighted by Gasteiger charge is 2.51. The van der Waals surface area contributed by atoms with Gasteiger partial charge in [-0.25, -0.2) is 4.39 Å². The highest BCUT2D eigenvalue weighted by atomic mass is 35.5. The molecule has 2 aromatic carbocycles. The first-order valence-corrected chi connectivity index (χ1v) is 6.39. The number of anilines is 1. The van der Waals surface area contributed by atoms with E-state index in [0.717, 1.165) is 0 Å². The van der Waals surface area contributed by atoms with Crippen LogP contribution in [0.2, 0.25) is 5.02 Å². The minimum Gasteiger partial charge on any atom is -0.372 e. The van der Waals surface area contributed by atoms with E-state index in [4.69, 9.17) is 11.6 Å². The summed E-state index contributed by atoms with van der Waals surface area (Å²) in [5.41, 5.74) is -1.26. The van der Waals surface area contributed by atoms with Crippen LogP contribution in [0.5, 0.6) is 0 Å². The van der Waals surface area contributed by atoms with Crippen LogP contribution in [-0.2, 0) is 10.4 Å². The molecular formula is C15H11ClFNO2. The summed E-state index contributed by atoms with van der Waals surface area (Å²) in [6.45, 7) is 0. The number of carbonyl (C=O) groups excluding carboxylic acids is 1. The van der Waals surface area contributed by atoms with Crippen molar-refractivity contribution in [3.05, 3.63) is 64.4 Å². The predicted octanol–water partition coefficient (Wildman–Crippen LogP) is 2.69. The fourth-order valence-corrected chi connectivity index (χ4v) is 2.74. The van der Waals surface area contributed by atoms with Gasteiger partial charge in [-0.05, 0) is 18.2 Å². The molecule has 0 radical (unpaired) electrons. The molecule has 0 aromatic heterocycles. The quantitative estimate of drug-likeness (QED) is 0.877. The number of carbonyl (C=O) groups is 1. The Kier molecular flexibility index (Phi) is 2.81. The average Bonchev–Trinajstić information content (AvgIpc) is 2.62. The number of hydrogen-bond donors (Lipinski definition) is 1. The van der Waals surface area contributed by atoms with E-state index >= 15 is 0 Å². The minimum absolute atomic E-state index is 0.0575. The maximum atomic E-state index is 14.0. The molecule has 0 aliphatic carbocycles. The molecule has 102 valence electrons. The van der Waals surface area contributed by atoms with Crippen molar-refractivity contribution in [2.75, 3.05) is 11.9 Å². The Labute approximate surface area is 120 Å². The zero-order valence-electron chi connectivity index (χ0n) is 10.6. The van der Waals surface area contributed by atoms with Gasteiger partial charge >= 0.3 is 0 Å². The second-order valence-electron chi connectivity index (χ2n) is 4.72. The monoisotopic (exact) mass is 291 g/mol. The second kappa shape index (κ2) is 4.30. The lowest BCUT2D eigenvalue weighted by Crippen LogP contribution is -2.40. The maximum Gasteiger partial charge on any atom is 0.268 e. The summed E-state index contributed by atoms with van der Waals surface area (Å²) in [4.78, 5) is 13.7. The average molecular weight is 292 g/mol. The molecule has 0 saturated carbocycles. The summed E-state index contributed by atoms with van der Waals surface area (Å²) in [6, 6.07) is 10.4. The van der Waals surface area contributed by atoms with Crippen LogP contribution < -0.4 is 4.90 Å². The molecule has 0 fully saturated rings. The van der Waals surface area contributed by atoms with Crippen molar-refractivity contribution in [3.8, 4) is 0 Å². The van der Waals surface area contributed by atoms with Crippen molar-refractivity contribution >= 4 is 23.2 Å². The van der Waals surface area contributed by atoms with Gasteiger partial charge in [0.25, 0.3) is 5.91 Å². The van der Waals surface area contributed by atoms with Crippen molar-refractivity contribution in [2.24, 2.45) is 0 Å². The largest absolute Gasteiger partial charge is 0.372 e. The molecule has 0 bridgehead atoms. The molecular weight excluding hydrogens is 281 g/mol. The van der Waals surface area contributed by atoms with Crippen LogP contribution >= 0.6 is 11.6 Å². The molecule has 2 aromatic rings. The van der Waals surface area contributed by atoms with Gasteiger partial charge in [-0.3, -0.25) is 4.79 Å². The van der Waals surface area contributed by atoms with E-state index in [2.05, 4.69) is 0 Å². The van der Waals surface area contributed by atoms with Gasteiger partial charge in [0.2, 0.25) is 0 Å². The number of fused-ring (bicyclic) bond motifs is 1. The van der Waals surface area contributed by atoms with E-state index in [1.165, 1.54) is 30.1 Å². The number of likely N-dealkylation sites (N-methyl/N-ethyl adjacent to an activating group) is 1. The van der Waals surface area contributed by atoms with E-state index in [0.29, 0.717) is 16.3 Å². The lowest BCUT2D eigenvalue weighted by Gasteiger charge is -2.22. The molecule has 20 heavy (non-hydrogen) atoms. The van der Waals surface area contributed by atoms with E-state index in [-0.39, 0.29) is 5.56 Å². The van der Waals surface area contributed by atoms with Gasteiger partial charge in [0, 0.05) is 23.2 Å². The van der Waals surface area contributed by atoms with E-state index in [9.17, 15) is 14.3 Å². The number of rotatable bonds is 1. The molecule has 1 aliphatic heterocycles. The van der Waals surface area contributed by atoms with Crippen LogP contribution in [0.4, 0.5) is 10.1 Å². The maximum absolute atomic E-state index is 14.0. The summed E-state index contributed by atoms with van der Waals surface area (Å²) in [5, 5.41) is 11.3. The summed E-state index contributed by atoms with van der Waals surface area (Å²) in [6.07, 6.45) is 0. The van der Waals surface area contributed by atoms with Gasteiger partial charge in [-0.2, -0.15) is 0 Å². The molecule has 1 N–H and O–H groups in total. The molecule has 1 heterocycles. The Morgan fingerprint density at radius 1 is 1.20 bits per heavy atom. The number of hydrogen-bond acceptors (Lipinski definition) is 2. The van der Waals surface area contributed by atoms with Crippen LogP contribution in [0.1, 0.15) is 11.1 Å². The molecule has 1 unspecified atom stereocenters. The molecule has 3 nitrogen and oxygen atoms in total. The number of aliphatic hydroxyl groups is 1. The lowest BCUT2D eigenvalue weighted by molar-refractivity contribution is -0.132. The number of nitrogens with zero attached hydrogens (tertiary/aromatic N) is 1. The minimum atomic E-state index is -2.01. The highest BCUT2D eigenvalue weighted by Crippen LogP contribution is 2.45.